The topological polar surface area (TPSA) is 161 Å². The van der Waals surface area contributed by atoms with Gasteiger partial charge in [-0.05, 0) is 11.4 Å². The average molecular weight is 397 g/mol. The van der Waals surface area contributed by atoms with Crippen molar-refractivity contribution in [2.75, 3.05) is 11.9 Å². The monoisotopic (exact) mass is 397 g/mol. The zero-order valence-electron chi connectivity index (χ0n) is 11.3. The number of nitrogens with two attached hydrogens (primary N) is 1. The second-order valence-electron chi connectivity index (χ2n) is 4.05. The molecule has 0 atom stereocenters. The molecule has 1 amide bonds. The molecule has 2 heterocycles. The maximum absolute atomic E-state index is 11.8. The van der Waals surface area contributed by atoms with Crippen LogP contribution in [0.2, 0.25) is 0 Å². The van der Waals surface area contributed by atoms with E-state index >= 15 is 0 Å². The lowest BCUT2D eigenvalue weighted by Crippen LogP contribution is -2.27. The number of carbonyl (C=O) groups is 1. The van der Waals surface area contributed by atoms with E-state index < -0.39 is 30.3 Å². The van der Waals surface area contributed by atoms with Crippen LogP contribution in [0.1, 0.15) is 6.42 Å². The number of hydrogen-bond donors (Lipinski definition) is 3. The molecular weight excluding hydrogens is 386 g/mol. The molecule has 0 aliphatic rings. The van der Waals surface area contributed by atoms with Crippen LogP contribution in [-0.4, -0.2) is 39.5 Å². The van der Waals surface area contributed by atoms with E-state index in [9.17, 15) is 21.6 Å². The summed E-state index contributed by atoms with van der Waals surface area (Å²) >= 11 is 1.66. The summed E-state index contributed by atoms with van der Waals surface area (Å²) in [4.78, 5) is 11.7. The van der Waals surface area contributed by atoms with Crippen LogP contribution in [0.3, 0.4) is 0 Å². The quantitative estimate of drug-likeness (QED) is 0.533. The Balaban J connectivity index is 1.85. The number of nitrogens with one attached hydrogen (secondary N) is 2. The average Bonchev–Trinajstić information content (AvgIpc) is 3.08. The minimum absolute atomic E-state index is 0.0415. The first-order valence-corrected chi connectivity index (χ1v) is 10.6. The van der Waals surface area contributed by atoms with Gasteiger partial charge in [0.05, 0.1) is 0 Å². The molecule has 23 heavy (non-hydrogen) atoms. The number of amides is 1. The van der Waals surface area contributed by atoms with Crippen molar-refractivity contribution in [3.63, 3.8) is 0 Å². The van der Waals surface area contributed by atoms with E-state index in [1.165, 1.54) is 6.07 Å². The number of primary sulfonamides is 1. The summed E-state index contributed by atoms with van der Waals surface area (Å²) in [6, 6.07) is 3.05. The van der Waals surface area contributed by atoms with Gasteiger partial charge in [0.25, 0.3) is 10.0 Å². The fourth-order valence-electron chi connectivity index (χ4n) is 1.34. The predicted molar refractivity (Wildman–Crippen MR) is 84.0 cm³/mol. The van der Waals surface area contributed by atoms with Gasteiger partial charge in [0, 0.05) is 13.0 Å². The lowest BCUT2D eigenvalue weighted by atomic mass is 10.4. The third kappa shape index (κ3) is 5.02. The Morgan fingerprint density at radius 2 is 2.00 bits per heavy atom. The van der Waals surface area contributed by atoms with Gasteiger partial charge in [-0.2, -0.15) is 0 Å². The van der Waals surface area contributed by atoms with Gasteiger partial charge in [-0.1, -0.05) is 17.4 Å². The number of carbonyl (C=O) groups excluding carboxylic acids is 1. The lowest BCUT2D eigenvalue weighted by molar-refractivity contribution is -0.116. The summed E-state index contributed by atoms with van der Waals surface area (Å²) in [6.07, 6.45) is -0.158. The maximum atomic E-state index is 11.8. The van der Waals surface area contributed by atoms with Gasteiger partial charge in [-0.3, -0.25) is 4.79 Å². The van der Waals surface area contributed by atoms with Gasteiger partial charge in [0.15, 0.2) is 0 Å². The standard InChI is InChI=1S/C9H11N5O5S4/c10-22(16,17)9-14-13-8(21-9)12-6(15)3-4-11-23(18,19)7-2-1-5-20-7/h1-2,5,11H,3-4H2,(H2,10,16,17)(H,12,13,15). The molecule has 4 N–H and O–H groups in total. The Kier molecular flexibility index (Phi) is 5.43. The van der Waals surface area contributed by atoms with E-state index in [1.807, 2.05) is 0 Å². The number of thiophene rings is 1. The van der Waals surface area contributed by atoms with Gasteiger partial charge in [0.1, 0.15) is 4.21 Å². The number of nitrogens with zero attached hydrogens (tertiary/aromatic N) is 2. The van der Waals surface area contributed by atoms with Crippen LogP contribution in [0.4, 0.5) is 5.13 Å². The zero-order chi connectivity index (χ0) is 17.1. The fraction of sp³-hybridized carbons (Fsp3) is 0.222. The predicted octanol–water partition coefficient (Wildman–Crippen LogP) is -0.446. The van der Waals surface area contributed by atoms with E-state index in [0.29, 0.717) is 11.3 Å². The highest BCUT2D eigenvalue weighted by atomic mass is 32.3. The third-order valence-electron chi connectivity index (χ3n) is 2.30. The summed E-state index contributed by atoms with van der Waals surface area (Å²) in [5, 5.41) is 15.5. The molecule has 126 valence electrons. The molecule has 2 rings (SSSR count). The normalized spacial score (nSPS) is 12.2. The molecule has 2 aromatic heterocycles. The molecular formula is C9H11N5O5S4. The first-order valence-electron chi connectivity index (χ1n) is 5.88. The van der Waals surface area contributed by atoms with Crippen molar-refractivity contribution in [2.45, 2.75) is 15.0 Å². The Morgan fingerprint density at radius 1 is 1.26 bits per heavy atom. The van der Waals surface area contributed by atoms with Crippen LogP contribution in [0.25, 0.3) is 0 Å². The Bertz CT molecular complexity index is 887. The van der Waals surface area contributed by atoms with Crippen LogP contribution in [0.15, 0.2) is 26.1 Å². The van der Waals surface area contributed by atoms with Crippen molar-refractivity contribution in [1.29, 1.82) is 0 Å². The summed E-state index contributed by atoms with van der Waals surface area (Å²) in [6.45, 7) is -0.118. The summed E-state index contributed by atoms with van der Waals surface area (Å²) < 4.78 is 47.7. The number of anilines is 1. The smallest absolute Gasteiger partial charge is 0.267 e. The molecule has 2 aromatic rings. The summed E-state index contributed by atoms with van der Waals surface area (Å²) in [7, 11) is -7.61. The van der Waals surface area contributed by atoms with Gasteiger partial charge in [-0.25, -0.2) is 26.7 Å². The highest BCUT2D eigenvalue weighted by molar-refractivity contribution is 7.91. The largest absolute Gasteiger partial charge is 0.300 e. The molecule has 0 aliphatic carbocycles. The lowest BCUT2D eigenvalue weighted by Gasteiger charge is -2.04. The molecule has 0 radical (unpaired) electrons. The highest BCUT2D eigenvalue weighted by Gasteiger charge is 2.17. The van der Waals surface area contributed by atoms with E-state index in [-0.39, 0.29) is 22.3 Å². The maximum Gasteiger partial charge on any atom is 0.267 e. The molecule has 10 nitrogen and oxygen atoms in total. The van der Waals surface area contributed by atoms with Crippen LogP contribution >= 0.6 is 22.7 Å². The minimum atomic E-state index is -3.98. The second-order valence-corrected chi connectivity index (χ2v) is 9.70. The van der Waals surface area contributed by atoms with Crippen molar-refractivity contribution in [1.82, 2.24) is 14.9 Å². The number of sulfonamides is 2. The van der Waals surface area contributed by atoms with Crippen molar-refractivity contribution < 1.29 is 21.6 Å². The molecule has 0 unspecified atom stereocenters. The Morgan fingerprint density at radius 3 is 2.57 bits per heavy atom. The van der Waals surface area contributed by atoms with Crippen molar-refractivity contribution in [3.8, 4) is 0 Å². The van der Waals surface area contributed by atoms with Gasteiger partial charge >= 0.3 is 0 Å². The zero-order valence-corrected chi connectivity index (χ0v) is 14.6. The molecule has 0 aliphatic heterocycles. The highest BCUT2D eigenvalue weighted by Crippen LogP contribution is 2.18. The van der Waals surface area contributed by atoms with Crippen molar-refractivity contribution in [3.05, 3.63) is 17.5 Å². The molecule has 0 spiro atoms. The molecule has 0 saturated heterocycles. The fourth-order valence-corrected chi connectivity index (χ4v) is 4.76. The molecule has 0 bridgehead atoms. The summed E-state index contributed by atoms with van der Waals surface area (Å²) in [5.74, 6) is -0.545. The number of rotatable bonds is 7. The van der Waals surface area contributed by atoms with Gasteiger partial charge in [0.2, 0.25) is 25.4 Å². The number of hydrogen-bond acceptors (Lipinski definition) is 9. The minimum Gasteiger partial charge on any atom is -0.300 e. The molecule has 0 aromatic carbocycles. The van der Waals surface area contributed by atoms with Crippen LogP contribution < -0.4 is 15.2 Å². The van der Waals surface area contributed by atoms with E-state index in [2.05, 4.69) is 20.2 Å². The summed E-state index contributed by atoms with van der Waals surface area (Å²) in [5.41, 5.74) is 0. The van der Waals surface area contributed by atoms with Crippen LogP contribution in [0, 0.1) is 0 Å². The third-order valence-corrected chi connectivity index (χ3v) is 7.31. The van der Waals surface area contributed by atoms with Gasteiger partial charge < -0.3 is 5.32 Å². The Labute approximate surface area is 139 Å². The van der Waals surface area contributed by atoms with Gasteiger partial charge in [-0.15, -0.1) is 21.5 Å². The van der Waals surface area contributed by atoms with Crippen LogP contribution in [0.5, 0.6) is 0 Å². The second kappa shape index (κ2) is 6.98. The van der Waals surface area contributed by atoms with E-state index in [0.717, 1.165) is 11.3 Å². The number of aromatic nitrogens is 2. The first-order chi connectivity index (χ1) is 10.7. The van der Waals surface area contributed by atoms with E-state index in [4.69, 9.17) is 5.14 Å². The van der Waals surface area contributed by atoms with Crippen molar-refractivity contribution in [2.24, 2.45) is 5.14 Å². The Hall–Kier alpha value is -1.45. The molecule has 14 heteroatoms. The SMILES string of the molecule is NS(=O)(=O)c1nnc(NC(=O)CCNS(=O)(=O)c2cccs2)s1. The molecule has 0 saturated carbocycles. The first kappa shape index (κ1) is 17.9. The molecule has 0 fully saturated rings. The van der Waals surface area contributed by atoms with Crippen LogP contribution in [-0.2, 0) is 24.8 Å². The van der Waals surface area contributed by atoms with E-state index in [1.54, 1.807) is 11.4 Å². The van der Waals surface area contributed by atoms with Crippen molar-refractivity contribution >= 4 is 53.8 Å².